The molecule has 102 valence electrons. The van der Waals surface area contributed by atoms with Gasteiger partial charge in [-0.2, -0.15) is 11.8 Å². The van der Waals surface area contributed by atoms with Gasteiger partial charge in [-0.05, 0) is 50.2 Å². The van der Waals surface area contributed by atoms with E-state index in [9.17, 15) is 4.79 Å². The molecule has 4 heteroatoms. The van der Waals surface area contributed by atoms with Crippen molar-refractivity contribution < 1.29 is 4.79 Å². The third-order valence-corrected chi connectivity index (χ3v) is 6.98. The Kier molecular flexibility index (Phi) is 3.35. The summed E-state index contributed by atoms with van der Waals surface area (Å²) in [5.41, 5.74) is 6.22. The zero-order valence-electron chi connectivity index (χ0n) is 11.2. The third-order valence-electron chi connectivity index (χ3n) is 5.57. The average molecular weight is 268 g/mol. The van der Waals surface area contributed by atoms with Gasteiger partial charge in [0.25, 0.3) is 0 Å². The van der Waals surface area contributed by atoms with Crippen LogP contribution in [0.2, 0.25) is 0 Å². The first-order chi connectivity index (χ1) is 8.65. The monoisotopic (exact) mass is 268 g/mol. The van der Waals surface area contributed by atoms with Gasteiger partial charge in [0.05, 0.1) is 5.92 Å². The van der Waals surface area contributed by atoms with Crippen LogP contribution in [0.4, 0.5) is 0 Å². The minimum Gasteiger partial charge on any atom is -0.354 e. The number of carbonyl (C=O) groups is 1. The molecule has 0 aliphatic heterocycles. The molecule has 0 radical (unpaired) electrons. The fourth-order valence-electron chi connectivity index (χ4n) is 4.12. The van der Waals surface area contributed by atoms with E-state index < -0.39 is 0 Å². The van der Waals surface area contributed by atoms with Crippen LogP contribution in [0.3, 0.4) is 0 Å². The van der Waals surface area contributed by atoms with Crippen molar-refractivity contribution in [3.05, 3.63) is 0 Å². The molecule has 0 heterocycles. The maximum absolute atomic E-state index is 12.3. The van der Waals surface area contributed by atoms with Gasteiger partial charge in [-0.15, -0.1) is 0 Å². The number of rotatable bonds is 4. The van der Waals surface area contributed by atoms with E-state index in [1.807, 2.05) is 11.8 Å². The van der Waals surface area contributed by atoms with Crippen LogP contribution in [0.15, 0.2) is 0 Å². The van der Waals surface area contributed by atoms with Gasteiger partial charge in [0.2, 0.25) is 5.91 Å². The first-order valence-electron chi connectivity index (χ1n) is 7.24. The number of amides is 1. The Balaban J connectivity index is 1.55. The highest BCUT2D eigenvalue weighted by atomic mass is 32.2. The summed E-state index contributed by atoms with van der Waals surface area (Å²) in [6.45, 7) is 0.841. The third kappa shape index (κ3) is 1.97. The van der Waals surface area contributed by atoms with Crippen LogP contribution in [0, 0.1) is 17.8 Å². The number of nitrogens with two attached hydrogens (primary N) is 1. The van der Waals surface area contributed by atoms with Crippen LogP contribution in [0.5, 0.6) is 0 Å². The Labute approximate surface area is 114 Å². The molecule has 4 atom stereocenters. The fourth-order valence-corrected chi connectivity index (χ4v) is 5.03. The van der Waals surface area contributed by atoms with E-state index >= 15 is 0 Å². The summed E-state index contributed by atoms with van der Waals surface area (Å²) in [4.78, 5) is 12.3. The van der Waals surface area contributed by atoms with E-state index in [1.165, 1.54) is 38.5 Å². The Morgan fingerprint density at radius 3 is 2.61 bits per heavy atom. The summed E-state index contributed by atoms with van der Waals surface area (Å²) >= 11 is 1.91. The van der Waals surface area contributed by atoms with Gasteiger partial charge in [-0.25, -0.2) is 0 Å². The summed E-state index contributed by atoms with van der Waals surface area (Å²) in [6, 6.07) is 0.121. The molecule has 1 amide bonds. The minimum atomic E-state index is 0.0998. The molecule has 0 aromatic heterocycles. The zero-order valence-corrected chi connectivity index (χ0v) is 12.0. The van der Waals surface area contributed by atoms with Crippen LogP contribution in [-0.4, -0.2) is 29.5 Å². The molecule has 0 aromatic carbocycles. The predicted molar refractivity (Wildman–Crippen MR) is 75.4 cm³/mol. The van der Waals surface area contributed by atoms with Crippen LogP contribution in [-0.2, 0) is 4.79 Å². The van der Waals surface area contributed by atoms with Crippen molar-refractivity contribution in [2.45, 2.75) is 49.3 Å². The molecular formula is C14H24N2OS. The molecule has 3 fully saturated rings. The Hall–Kier alpha value is -0.220. The molecular weight excluding hydrogens is 244 g/mol. The largest absolute Gasteiger partial charge is 0.354 e. The second-order valence-electron chi connectivity index (χ2n) is 6.39. The lowest BCUT2D eigenvalue weighted by Crippen LogP contribution is -2.50. The maximum atomic E-state index is 12.3. The lowest BCUT2D eigenvalue weighted by atomic mass is 9.82. The molecule has 4 unspecified atom stereocenters. The molecule has 3 rings (SSSR count). The Morgan fingerprint density at radius 1 is 1.39 bits per heavy atom. The summed E-state index contributed by atoms with van der Waals surface area (Å²) in [7, 11) is 0. The first kappa shape index (κ1) is 12.8. The number of carbonyl (C=O) groups excluding carboxylic acids is 1. The van der Waals surface area contributed by atoms with Crippen LogP contribution < -0.4 is 11.1 Å². The second kappa shape index (κ2) is 4.71. The molecule has 3 N–H and O–H groups in total. The number of hydrogen-bond acceptors (Lipinski definition) is 3. The van der Waals surface area contributed by atoms with Crippen LogP contribution in [0.1, 0.15) is 38.5 Å². The van der Waals surface area contributed by atoms with Crippen molar-refractivity contribution in [2.75, 3.05) is 12.8 Å². The molecule has 18 heavy (non-hydrogen) atoms. The Morgan fingerprint density at radius 2 is 2.11 bits per heavy atom. The van der Waals surface area contributed by atoms with E-state index in [2.05, 4.69) is 11.6 Å². The van der Waals surface area contributed by atoms with E-state index in [4.69, 9.17) is 5.73 Å². The fraction of sp³-hybridized carbons (Fsp3) is 0.929. The zero-order chi connectivity index (χ0) is 12.8. The van der Waals surface area contributed by atoms with Crippen molar-refractivity contribution in [2.24, 2.45) is 23.5 Å². The molecule has 3 aliphatic rings. The van der Waals surface area contributed by atoms with Crippen molar-refractivity contribution >= 4 is 17.7 Å². The highest BCUT2D eigenvalue weighted by molar-refractivity contribution is 8.00. The van der Waals surface area contributed by atoms with Gasteiger partial charge < -0.3 is 11.1 Å². The summed E-state index contributed by atoms with van der Waals surface area (Å²) < 4.78 is 0.331. The van der Waals surface area contributed by atoms with Gasteiger partial charge in [-0.1, -0.05) is 6.42 Å². The lowest BCUT2D eigenvalue weighted by Gasteiger charge is -2.41. The van der Waals surface area contributed by atoms with E-state index in [1.54, 1.807) is 0 Å². The van der Waals surface area contributed by atoms with Gasteiger partial charge in [-0.3, -0.25) is 4.79 Å². The number of thioether (sulfide) groups is 1. The number of nitrogens with one attached hydrogen (secondary N) is 1. The van der Waals surface area contributed by atoms with E-state index in [-0.39, 0.29) is 17.9 Å². The van der Waals surface area contributed by atoms with Crippen molar-refractivity contribution in [3.63, 3.8) is 0 Å². The summed E-state index contributed by atoms with van der Waals surface area (Å²) in [5.74, 6) is 1.51. The van der Waals surface area contributed by atoms with E-state index in [0.717, 1.165) is 6.54 Å². The lowest BCUT2D eigenvalue weighted by molar-refractivity contribution is -0.127. The number of hydrogen-bond donors (Lipinski definition) is 2. The molecule has 3 aliphatic carbocycles. The average Bonchev–Trinajstić information content (AvgIpc) is 2.88. The smallest absolute Gasteiger partial charge is 0.225 e. The second-order valence-corrected chi connectivity index (χ2v) is 7.67. The SMILES string of the molecule is CSC1(CNC(=O)C2C3CCC(C3)C2N)CCC1. The topological polar surface area (TPSA) is 55.1 Å². The molecule has 0 saturated heterocycles. The maximum Gasteiger partial charge on any atom is 0.225 e. The Bertz CT molecular complexity index is 335. The molecule has 0 spiro atoms. The molecule has 2 bridgehead atoms. The van der Waals surface area contributed by atoms with Crippen molar-refractivity contribution in [3.8, 4) is 0 Å². The number of fused-ring (bicyclic) bond motifs is 2. The molecule has 3 saturated carbocycles. The summed E-state index contributed by atoms with van der Waals surface area (Å²) in [5, 5.41) is 3.19. The van der Waals surface area contributed by atoms with Crippen molar-refractivity contribution in [1.82, 2.24) is 5.32 Å². The summed E-state index contributed by atoms with van der Waals surface area (Å²) in [6.07, 6.45) is 9.61. The minimum absolute atomic E-state index is 0.0998. The standard InChI is InChI=1S/C14H24N2OS/c1-18-14(5-2-6-14)8-16-13(17)11-9-3-4-10(7-9)12(11)15/h9-12H,2-8,15H2,1H3,(H,16,17). The van der Waals surface area contributed by atoms with Crippen LogP contribution in [0.25, 0.3) is 0 Å². The highest BCUT2D eigenvalue weighted by Crippen LogP contribution is 2.48. The van der Waals surface area contributed by atoms with Gasteiger partial charge in [0, 0.05) is 17.3 Å². The normalized spacial score (nSPS) is 40.6. The highest BCUT2D eigenvalue weighted by Gasteiger charge is 2.49. The van der Waals surface area contributed by atoms with E-state index in [0.29, 0.717) is 16.6 Å². The van der Waals surface area contributed by atoms with Crippen molar-refractivity contribution in [1.29, 1.82) is 0 Å². The van der Waals surface area contributed by atoms with Gasteiger partial charge in [0.1, 0.15) is 0 Å². The predicted octanol–water partition coefficient (Wildman–Crippen LogP) is 1.76. The van der Waals surface area contributed by atoms with Gasteiger partial charge in [0.15, 0.2) is 0 Å². The first-order valence-corrected chi connectivity index (χ1v) is 8.46. The molecule has 3 nitrogen and oxygen atoms in total. The molecule has 0 aromatic rings. The van der Waals surface area contributed by atoms with Gasteiger partial charge >= 0.3 is 0 Å². The van der Waals surface area contributed by atoms with Crippen LogP contribution >= 0.6 is 11.8 Å². The quantitative estimate of drug-likeness (QED) is 0.817.